The van der Waals surface area contributed by atoms with Gasteiger partial charge < -0.3 is 14.6 Å². The number of amides is 1. The second-order valence-corrected chi connectivity index (χ2v) is 5.64. The van der Waals surface area contributed by atoms with Crippen molar-refractivity contribution in [1.82, 2.24) is 9.88 Å². The Bertz CT molecular complexity index is 739. The van der Waals surface area contributed by atoms with E-state index in [9.17, 15) is 10.1 Å². The Labute approximate surface area is 140 Å². The summed E-state index contributed by atoms with van der Waals surface area (Å²) in [5.74, 6) is 0.266. The molecule has 0 aromatic carbocycles. The summed E-state index contributed by atoms with van der Waals surface area (Å²) < 4.78 is 5.17. The van der Waals surface area contributed by atoms with E-state index >= 15 is 0 Å². The van der Waals surface area contributed by atoms with E-state index in [1.54, 1.807) is 29.4 Å². The first-order valence-electron chi connectivity index (χ1n) is 7.87. The summed E-state index contributed by atoms with van der Waals surface area (Å²) in [6, 6.07) is 9.58. The molecule has 0 bridgehead atoms. The highest BCUT2D eigenvalue weighted by atomic mass is 16.3. The van der Waals surface area contributed by atoms with Crippen LogP contribution in [0.4, 0.5) is 5.69 Å². The number of likely N-dealkylation sites (tertiary alicyclic amines) is 1. The number of hydrogen-bond acceptors (Lipinski definition) is 5. The number of piperidine rings is 1. The molecule has 6 nitrogen and oxygen atoms in total. The van der Waals surface area contributed by atoms with Crippen molar-refractivity contribution in [3.05, 3.63) is 54.3 Å². The maximum atomic E-state index is 12.5. The number of hydrogen-bond donors (Lipinski definition) is 1. The second-order valence-electron chi connectivity index (χ2n) is 5.64. The standard InChI is InChI=1S/C18H18N4O2/c19-12-14(11-17-4-2-10-24-17)18(23)22-8-5-15(6-9-22)21-16-3-1-7-20-13-16/h1-4,7,10-11,13,15,21H,5-6,8-9H2/b14-11+. The molecule has 6 heteroatoms. The van der Waals surface area contributed by atoms with Gasteiger partial charge in [0, 0.05) is 37.6 Å². The number of aromatic nitrogens is 1. The Morgan fingerprint density at radius 1 is 1.38 bits per heavy atom. The summed E-state index contributed by atoms with van der Waals surface area (Å²) >= 11 is 0. The van der Waals surface area contributed by atoms with Gasteiger partial charge in [-0.05, 0) is 37.1 Å². The number of anilines is 1. The average Bonchev–Trinajstić information content (AvgIpc) is 3.14. The maximum absolute atomic E-state index is 12.5. The van der Waals surface area contributed by atoms with Crippen LogP contribution in [0.15, 0.2) is 52.9 Å². The zero-order chi connectivity index (χ0) is 16.8. The molecule has 1 fully saturated rings. The van der Waals surface area contributed by atoms with Gasteiger partial charge in [0.15, 0.2) is 0 Å². The molecule has 1 aliphatic rings. The lowest BCUT2D eigenvalue weighted by Gasteiger charge is -2.32. The normalized spacial score (nSPS) is 15.8. The molecule has 0 atom stereocenters. The fourth-order valence-electron chi connectivity index (χ4n) is 2.74. The van der Waals surface area contributed by atoms with Gasteiger partial charge in [0.25, 0.3) is 5.91 Å². The number of rotatable bonds is 4. The van der Waals surface area contributed by atoms with Crippen LogP contribution in [0.5, 0.6) is 0 Å². The van der Waals surface area contributed by atoms with Gasteiger partial charge in [-0.25, -0.2) is 0 Å². The lowest BCUT2D eigenvalue weighted by Crippen LogP contribution is -2.42. The van der Waals surface area contributed by atoms with Gasteiger partial charge in [-0.2, -0.15) is 5.26 Å². The van der Waals surface area contributed by atoms with Gasteiger partial charge in [-0.3, -0.25) is 9.78 Å². The van der Waals surface area contributed by atoms with E-state index in [4.69, 9.17) is 4.42 Å². The molecule has 24 heavy (non-hydrogen) atoms. The zero-order valence-electron chi connectivity index (χ0n) is 13.2. The Morgan fingerprint density at radius 3 is 2.83 bits per heavy atom. The van der Waals surface area contributed by atoms with Crippen molar-refractivity contribution in [2.45, 2.75) is 18.9 Å². The first-order chi connectivity index (χ1) is 11.8. The van der Waals surface area contributed by atoms with Gasteiger partial charge in [0.05, 0.1) is 12.0 Å². The van der Waals surface area contributed by atoms with E-state index in [0.29, 0.717) is 24.9 Å². The molecule has 3 heterocycles. The van der Waals surface area contributed by atoms with Gasteiger partial charge >= 0.3 is 0 Å². The summed E-state index contributed by atoms with van der Waals surface area (Å²) in [7, 11) is 0. The smallest absolute Gasteiger partial charge is 0.264 e. The molecular formula is C18H18N4O2. The van der Waals surface area contributed by atoms with Crippen molar-refractivity contribution < 1.29 is 9.21 Å². The van der Waals surface area contributed by atoms with Gasteiger partial charge in [-0.1, -0.05) is 0 Å². The third kappa shape index (κ3) is 3.82. The number of pyridine rings is 1. The number of furan rings is 1. The van der Waals surface area contributed by atoms with E-state index < -0.39 is 0 Å². The number of carbonyl (C=O) groups is 1. The Morgan fingerprint density at radius 2 is 2.21 bits per heavy atom. The number of carbonyl (C=O) groups excluding carboxylic acids is 1. The van der Waals surface area contributed by atoms with Crippen LogP contribution in [0.25, 0.3) is 6.08 Å². The van der Waals surface area contributed by atoms with Crippen molar-refractivity contribution in [3.8, 4) is 6.07 Å². The van der Waals surface area contributed by atoms with E-state index in [1.807, 2.05) is 18.2 Å². The topological polar surface area (TPSA) is 82.2 Å². The van der Waals surface area contributed by atoms with Crippen molar-refractivity contribution in [2.24, 2.45) is 0 Å². The third-order valence-corrected chi connectivity index (χ3v) is 4.00. The molecule has 0 radical (unpaired) electrons. The van der Waals surface area contributed by atoms with Crippen LogP contribution in [0, 0.1) is 11.3 Å². The lowest BCUT2D eigenvalue weighted by molar-refractivity contribution is -0.127. The van der Waals surface area contributed by atoms with Crippen molar-refractivity contribution in [1.29, 1.82) is 5.26 Å². The van der Waals surface area contributed by atoms with Crippen LogP contribution >= 0.6 is 0 Å². The van der Waals surface area contributed by atoms with E-state index in [1.165, 1.54) is 12.3 Å². The molecule has 0 unspecified atom stereocenters. The first-order valence-corrected chi connectivity index (χ1v) is 7.87. The molecule has 3 rings (SSSR count). The molecule has 1 saturated heterocycles. The summed E-state index contributed by atoms with van der Waals surface area (Å²) in [5.41, 5.74) is 1.08. The SMILES string of the molecule is N#C/C(=C\c1ccco1)C(=O)N1CCC(Nc2cccnc2)CC1. The quantitative estimate of drug-likeness (QED) is 0.691. The van der Waals surface area contributed by atoms with Crippen LogP contribution in [0.1, 0.15) is 18.6 Å². The molecule has 1 N–H and O–H groups in total. The zero-order valence-corrected chi connectivity index (χ0v) is 13.2. The number of nitrogens with zero attached hydrogens (tertiary/aromatic N) is 3. The minimum atomic E-state index is -0.242. The van der Waals surface area contributed by atoms with Crippen molar-refractivity contribution >= 4 is 17.7 Å². The molecular weight excluding hydrogens is 304 g/mol. The summed E-state index contributed by atoms with van der Waals surface area (Å²) in [4.78, 5) is 18.3. The third-order valence-electron chi connectivity index (χ3n) is 4.00. The minimum absolute atomic E-state index is 0.101. The fourth-order valence-corrected chi connectivity index (χ4v) is 2.74. The molecule has 2 aromatic rings. The molecule has 1 aliphatic heterocycles. The number of nitrogens with one attached hydrogen (secondary N) is 1. The van der Waals surface area contributed by atoms with Gasteiger partial charge in [0.1, 0.15) is 17.4 Å². The minimum Gasteiger partial charge on any atom is -0.465 e. The summed E-state index contributed by atoms with van der Waals surface area (Å²) in [6.07, 6.45) is 8.20. The van der Waals surface area contributed by atoms with E-state index in [2.05, 4.69) is 10.3 Å². The molecule has 0 spiro atoms. The first kappa shape index (κ1) is 15.8. The predicted molar refractivity (Wildman–Crippen MR) is 89.8 cm³/mol. The molecule has 122 valence electrons. The highest BCUT2D eigenvalue weighted by Gasteiger charge is 2.25. The summed E-state index contributed by atoms with van der Waals surface area (Å²) in [5, 5.41) is 12.7. The largest absolute Gasteiger partial charge is 0.465 e. The van der Waals surface area contributed by atoms with E-state index in [-0.39, 0.29) is 11.5 Å². The predicted octanol–water partition coefficient (Wildman–Crippen LogP) is 2.68. The average molecular weight is 322 g/mol. The molecule has 0 aliphatic carbocycles. The lowest BCUT2D eigenvalue weighted by atomic mass is 10.0. The highest BCUT2D eigenvalue weighted by molar-refractivity contribution is 6.01. The highest BCUT2D eigenvalue weighted by Crippen LogP contribution is 2.18. The second kappa shape index (κ2) is 7.47. The fraction of sp³-hybridized carbons (Fsp3) is 0.278. The Kier molecular flexibility index (Phi) is 4.92. The molecule has 1 amide bonds. The number of nitriles is 1. The van der Waals surface area contributed by atoms with Gasteiger partial charge in [0.2, 0.25) is 0 Å². The summed E-state index contributed by atoms with van der Waals surface area (Å²) in [6.45, 7) is 1.24. The van der Waals surface area contributed by atoms with Crippen LogP contribution in [0.2, 0.25) is 0 Å². The van der Waals surface area contributed by atoms with Crippen LogP contribution in [-0.2, 0) is 4.79 Å². The monoisotopic (exact) mass is 322 g/mol. The van der Waals surface area contributed by atoms with Crippen molar-refractivity contribution in [3.63, 3.8) is 0 Å². The molecule has 0 saturated carbocycles. The van der Waals surface area contributed by atoms with E-state index in [0.717, 1.165) is 18.5 Å². The Balaban J connectivity index is 1.58. The van der Waals surface area contributed by atoms with Crippen molar-refractivity contribution in [2.75, 3.05) is 18.4 Å². The maximum Gasteiger partial charge on any atom is 0.264 e. The van der Waals surface area contributed by atoms with Crippen LogP contribution < -0.4 is 5.32 Å². The van der Waals surface area contributed by atoms with Crippen LogP contribution in [0.3, 0.4) is 0 Å². The van der Waals surface area contributed by atoms with Crippen LogP contribution in [-0.4, -0.2) is 34.9 Å². The molecule has 2 aromatic heterocycles. The van der Waals surface area contributed by atoms with Gasteiger partial charge in [-0.15, -0.1) is 0 Å². The Hall–Kier alpha value is -3.07.